The van der Waals surface area contributed by atoms with Crippen molar-refractivity contribution in [1.82, 2.24) is 74.1 Å². The molecule has 0 aliphatic rings. The number of fused-ring (bicyclic) bond motifs is 1. The lowest BCUT2D eigenvalue weighted by atomic mass is 10.0. The third-order valence-electron chi connectivity index (χ3n) is 10.4. The van der Waals surface area contributed by atoms with Gasteiger partial charge in [0, 0.05) is 82.1 Å². The van der Waals surface area contributed by atoms with E-state index in [1.54, 1.807) is 26.1 Å². The van der Waals surface area contributed by atoms with Crippen molar-refractivity contribution in [2.45, 2.75) is 118 Å². The molecule has 2 aromatic rings. The Bertz CT molecular complexity index is 1840. The zero-order valence-corrected chi connectivity index (χ0v) is 40.7. The van der Waals surface area contributed by atoms with Crippen LogP contribution in [0, 0.1) is 23.7 Å². The zero-order chi connectivity index (χ0) is 49.3. The van der Waals surface area contributed by atoms with Crippen molar-refractivity contribution in [3.8, 4) is 0 Å². The smallest absolute Gasteiger partial charge is 0.319 e. The van der Waals surface area contributed by atoms with Gasteiger partial charge in [-0.2, -0.15) is 0 Å². The number of anilines is 1. The molecule has 2 rings (SSSR count). The Balaban J connectivity index is 1.75. The maximum atomic E-state index is 13.0. The van der Waals surface area contributed by atoms with E-state index in [0.29, 0.717) is 18.5 Å². The van der Waals surface area contributed by atoms with E-state index in [1.807, 2.05) is 73.6 Å². The minimum Gasteiger partial charge on any atom is -0.359 e. The fraction of sp³-hybridized carbons (Fsp3) is 0.659. The second kappa shape index (κ2) is 29.2. The van der Waals surface area contributed by atoms with E-state index in [-0.39, 0.29) is 81.1 Å². The number of benzene rings is 1. The first-order chi connectivity index (χ1) is 31.1. The van der Waals surface area contributed by atoms with E-state index in [9.17, 15) is 33.6 Å². The molecule has 1 heterocycles. The largest absolute Gasteiger partial charge is 0.359 e. The lowest BCUT2D eigenvalue weighted by Gasteiger charge is -2.26. The molecule has 1 aromatic carbocycles. The van der Waals surface area contributed by atoms with Gasteiger partial charge in [0.25, 0.3) is 0 Å². The molecule has 15 N–H and O–H groups in total. The lowest BCUT2D eigenvalue weighted by molar-refractivity contribution is 0.221. The Morgan fingerprint density at radius 2 is 0.879 bits per heavy atom. The first-order valence-corrected chi connectivity index (χ1v) is 23.0. The van der Waals surface area contributed by atoms with E-state index in [0.717, 1.165) is 10.9 Å². The summed E-state index contributed by atoms with van der Waals surface area (Å²) >= 11 is 0. The van der Waals surface area contributed by atoms with Gasteiger partial charge in [-0.15, -0.1) is 0 Å². The maximum absolute atomic E-state index is 13.0. The van der Waals surface area contributed by atoms with Crippen molar-refractivity contribution < 1.29 is 33.6 Å². The van der Waals surface area contributed by atoms with Crippen molar-refractivity contribution >= 4 is 58.8 Å². The van der Waals surface area contributed by atoms with E-state index < -0.39 is 60.4 Å². The number of nitrogens with one attached hydrogen (secondary N) is 15. The summed E-state index contributed by atoms with van der Waals surface area (Å²) in [5.41, 5.74) is 1.45. The average Bonchev–Trinajstić information content (AvgIpc) is 3.73. The number of aromatic nitrogens is 1. The van der Waals surface area contributed by atoms with Gasteiger partial charge < -0.3 is 79.4 Å². The molecule has 14 amide bonds. The first kappa shape index (κ1) is 55.8. The summed E-state index contributed by atoms with van der Waals surface area (Å²) in [5, 5.41) is 40.1. The van der Waals surface area contributed by atoms with Crippen LogP contribution in [0.3, 0.4) is 0 Å². The Labute approximate surface area is 389 Å². The van der Waals surface area contributed by atoms with Gasteiger partial charge in [-0.05, 0) is 62.5 Å². The summed E-state index contributed by atoms with van der Waals surface area (Å²) in [4.78, 5) is 91.6. The van der Waals surface area contributed by atoms with Crippen molar-refractivity contribution in [3.63, 3.8) is 0 Å². The molecule has 372 valence electrons. The van der Waals surface area contributed by atoms with E-state index >= 15 is 0 Å². The molecule has 1 aromatic heterocycles. The molecule has 0 aliphatic carbocycles. The van der Waals surface area contributed by atoms with E-state index in [2.05, 4.69) is 79.4 Å². The lowest BCUT2D eigenvalue weighted by Crippen LogP contribution is -2.55. The number of rotatable bonds is 25. The number of hydrogen-bond acceptors (Lipinski definition) is 7. The minimum absolute atomic E-state index is 0.0147. The number of H-pyrrole nitrogens is 1. The van der Waals surface area contributed by atoms with Crippen LogP contribution in [-0.4, -0.2) is 130 Å². The Morgan fingerprint density at radius 3 is 1.33 bits per heavy atom. The molecule has 0 radical (unpaired) electrons. The highest BCUT2D eigenvalue weighted by atomic mass is 16.2. The van der Waals surface area contributed by atoms with Gasteiger partial charge in [0.2, 0.25) is 0 Å². The quantitative estimate of drug-likeness (QED) is 0.0704. The second-order valence-electron chi connectivity index (χ2n) is 18.2. The summed E-state index contributed by atoms with van der Waals surface area (Å²) in [6.45, 7) is 20.2. The molecule has 0 saturated carbocycles. The molecule has 22 heteroatoms. The number of aromatic amines is 1. The normalized spacial score (nSPS) is 13.9. The molecular weight excluding hydrogens is 851 g/mol. The molecule has 66 heavy (non-hydrogen) atoms. The predicted molar refractivity (Wildman–Crippen MR) is 258 cm³/mol. The monoisotopic (exact) mass is 930 g/mol. The zero-order valence-electron chi connectivity index (χ0n) is 40.7. The Hall–Kier alpha value is -6.35. The molecule has 0 saturated heterocycles. The van der Waals surface area contributed by atoms with Crippen LogP contribution >= 0.6 is 0 Å². The molecule has 0 spiro atoms. The summed E-state index contributed by atoms with van der Waals surface area (Å²) in [6, 6.07) is 2.16. The van der Waals surface area contributed by atoms with Gasteiger partial charge in [0.05, 0.1) is 23.3 Å². The molecule has 6 atom stereocenters. The van der Waals surface area contributed by atoms with Gasteiger partial charge in [0.1, 0.15) is 0 Å². The highest BCUT2D eigenvalue weighted by Crippen LogP contribution is 2.21. The van der Waals surface area contributed by atoms with Crippen LogP contribution in [0.1, 0.15) is 82.1 Å². The van der Waals surface area contributed by atoms with Gasteiger partial charge >= 0.3 is 42.2 Å². The SMILES string of the molecule is CNC(=O)NC[C@H](CC(C)C)NC(=O)NC[C@H](C)NC(=O)NC[C@@H](NC(=O)NC[C@H](CC(C)C)NC(=O)NC[C@H](C)NC(=O)NC[C@@H](NC(=O)Nc1cccc2cc[nH]c12)C(C)C)C(C)C. The summed E-state index contributed by atoms with van der Waals surface area (Å²) in [7, 11) is 1.51. The summed E-state index contributed by atoms with van der Waals surface area (Å²) < 4.78 is 0. The van der Waals surface area contributed by atoms with Gasteiger partial charge in [-0.1, -0.05) is 67.5 Å². The van der Waals surface area contributed by atoms with Crippen LogP contribution in [0.5, 0.6) is 0 Å². The predicted octanol–water partition coefficient (Wildman–Crippen LogP) is 3.37. The number of carbonyl (C=O) groups excluding carboxylic acids is 7. The molecule has 0 unspecified atom stereocenters. The third kappa shape index (κ3) is 23.0. The van der Waals surface area contributed by atoms with Crippen molar-refractivity contribution in [1.29, 1.82) is 0 Å². The average molecular weight is 930 g/mol. The topological polar surface area (TPSA) is 304 Å². The van der Waals surface area contributed by atoms with E-state index in [4.69, 9.17) is 0 Å². The third-order valence-corrected chi connectivity index (χ3v) is 10.4. The number of hydrogen-bond donors (Lipinski definition) is 15. The van der Waals surface area contributed by atoms with Crippen LogP contribution in [0.15, 0.2) is 30.5 Å². The van der Waals surface area contributed by atoms with Gasteiger partial charge in [0.15, 0.2) is 0 Å². The Morgan fingerprint density at radius 1 is 0.470 bits per heavy atom. The summed E-state index contributed by atoms with van der Waals surface area (Å²) in [6.07, 6.45) is 3.03. The molecule has 0 bridgehead atoms. The molecule has 22 nitrogen and oxygen atoms in total. The first-order valence-electron chi connectivity index (χ1n) is 23.0. The fourth-order valence-electron chi connectivity index (χ4n) is 6.71. The highest BCUT2D eigenvalue weighted by molar-refractivity contribution is 6.00. The van der Waals surface area contributed by atoms with E-state index in [1.165, 1.54) is 7.05 Å². The van der Waals surface area contributed by atoms with Crippen molar-refractivity contribution in [2.75, 3.05) is 51.6 Å². The minimum atomic E-state index is -0.473. The van der Waals surface area contributed by atoms with Gasteiger partial charge in [-0.3, -0.25) is 0 Å². The number of amides is 14. The Kier molecular flexibility index (Phi) is 24.7. The second-order valence-corrected chi connectivity index (χ2v) is 18.2. The standard InChI is InChI=1S/C44H79N15O7/c1-25(2)17-32(21-49-38(60)45-11)55-41(63)47-19-29(9)53-39(61)51-23-35(27(5)6)58-43(65)50-22-33(18-26(3)4)56-42(64)48-20-30(10)54-40(62)52-24-36(28(7)8)59-44(66)57-34-14-12-13-31-15-16-46-37(31)34/h12-16,25-30,32-33,35-36,46H,17-24H2,1-11H3,(H2,45,49,60)(H2,47,55,63)(H2,48,56,64)(H2,50,58,65)(H2,51,53,61)(H2,52,54,62)(H2,57,59,66)/t29-,30-,32-,33-,35+,36+/m0/s1. The summed E-state index contributed by atoms with van der Waals surface area (Å²) in [5.74, 6) is 0.458. The highest BCUT2D eigenvalue weighted by Gasteiger charge is 2.22. The van der Waals surface area contributed by atoms with Crippen LogP contribution < -0.4 is 74.4 Å². The maximum Gasteiger partial charge on any atom is 0.319 e. The van der Waals surface area contributed by atoms with Crippen LogP contribution in [0.4, 0.5) is 39.2 Å². The van der Waals surface area contributed by atoms with Crippen molar-refractivity contribution in [2.24, 2.45) is 23.7 Å². The fourth-order valence-corrected chi connectivity index (χ4v) is 6.71. The number of para-hydroxylation sites is 1. The van der Waals surface area contributed by atoms with Gasteiger partial charge in [-0.25, -0.2) is 33.6 Å². The molecule has 0 aliphatic heterocycles. The van der Waals surface area contributed by atoms with Crippen LogP contribution in [-0.2, 0) is 0 Å². The number of carbonyl (C=O) groups is 7. The molecular formula is C44H79N15O7. The van der Waals surface area contributed by atoms with Crippen molar-refractivity contribution in [3.05, 3.63) is 30.5 Å². The van der Waals surface area contributed by atoms with Crippen LogP contribution in [0.2, 0.25) is 0 Å². The molecule has 0 fully saturated rings. The van der Waals surface area contributed by atoms with Crippen LogP contribution in [0.25, 0.3) is 10.9 Å². The number of urea groups is 7.